The number of rotatable bonds is 56. The van der Waals surface area contributed by atoms with Gasteiger partial charge in [-0.2, -0.15) is 0 Å². The van der Waals surface area contributed by atoms with E-state index in [-0.39, 0.29) is 31.1 Å². The van der Waals surface area contributed by atoms with Crippen LogP contribution in [-0.2, 0) is 28.6 Å². The Bertz CT molecular complexity index is 1650. The van der Waals surface area contributed by atoms with Gasteiger partial charge in [-0.25, -0.2) is 0 Å². The van der Waals surface area contributed by atoms with Crippen LogP contribution in [0.15, 0.2) is 134 Å². The van der Waals surface area contributed by atoms with Gasteiger partial charge in [-0.1, -0.05) is 264 Å². The summed E-state index contributed by atoms with van der Waals surface area (Å²) < 4.78 is 16.9. The summed E-state index contributed by atoms with van der Waals surface area (Å²) in [7, 11) is 0. The van der Waals surface area contributed by atoms with Gasteiger partial charge in [0.2, 0.25) is 0 Å². The third kappa shape index (κ3) is 62.3. The number of allylic oxidation sites excluding steroid dienone is 22. The molecule has 436 valence electrons. The highest BCUT2D eigenvalue weighted by Gasteiger charge is 2.19. The minimum absolute atomic E-state index is 0.0998. The van der Waals surface area contributed by atoms with Gasteiger partial charge in [0.05, 0.1) is 0 Å². The van der Waals surface area contributed by atoms with Crippen LogP contribution < -0.4 is 0 Å². The molecule has 0 aliphatic heterocycles. The Labute approximate surface area is 475 Å². The molecule has 0 aromatic heterocycles. The van der Waals surface area contributed by atoms with E-state index in [1.54, 1.807) is 0 Å². The minimum atomic E-state index is -0.807. The van der Waals surface area contributed by atoms with E-state index in [0.29, 0.717) is 19.3 Å². The molecule has 0 bridgehead atoms. The fourth-order valence-electron chi connectivity index (χ4n) is 8.50. The fourth-order valence-corrected chi connectivity index (χ4v) is 8.50. The first-order valence-electron chi connectivity index (χ1n) is 31.7. The summed E-state index contributed by atoms with van der Waals surface area (Å²) in [6.07, 6.45) is 90.4. The first-order chi connectivity index (χ1) is 38.0. The zero-order valence-corrected chi connectivity index (χ0v) is 49.9. The first-order valence-corrected chi connectivity index (χ1v) is 31.7. The summed E-state index contributed by atoms with van der Waals surface area (Å²) in [5, 5.41) is 0. The van der Waals surface area contributed by atoms with E-state index in [0.717, 1.165) is 148 Å². The molecule has 6 nitrogen and oxygen atoms in total. The lowest BCUT2D eigenvalue weighted by Crippen LogP contribution is -2.30. The molecule has 1 unspecified atom stereocenters. The molecule has 0 aromatic carbocycles. The van der Waals surface area contributed by atoms with Gasteiger partial charge in [0.25, 0.3) is 0 Å². The van der Waals surface area contributed by atoms with Gasteiger partial charge in [0, 0.05) is 19.3 Å². The maximum absolute atomic E-state index is 12.9. The fraction of sp³-hybridized carbons (Fsp3) is 0.648. The second kappa shape index (κ2) is 64.1. The Kier molecular flexibility index (Phi) is 60.4. The zero-order chi connectivity index (χ0) is 55.7. The van der Waals surface area contributed by atoms with Crippen molar-refractivity contribution in [3.8, 4) is 0 Å². The molecular weight excluding hydrogens is 949 g/mol. The minimum Gasteiger partial charge on any atom is -0.462 e. The Morgan fingerprint density at radius 2 is 0.468 bits per heavy atom. The van der Waals surface area contributed by atoms with Gasteiger partial charge in [-0.3, -0.25) is 14.4 Å². The Hall–Kier alpha value is -4.45. The molecular formula is C71H116O6. The van der Waals surface area contributed by atoms with E-state index >= 15 is 0 Å². The van der Waals surface area contributed by atoms with Crippen molar-refractivity contribution in [3.05, 3.63) is 134 Å². The SMILES string of the molecule is CC/C=C\C/C=C\C/C=C\C/C=C\CCCCCCCCCCCCCCCCCCC(=O)OCC(COC(=O)CCCCC/C=C\C/C=C\C/C=C\CC)OC(=O)CCCCCC/C=C\C/C=C\C/C=C\C/C=C\CC. The first kappa shape index (κ1) is 72.5. The van der Waals surface area contributed by atoms with E-state index < -0.39 is 6.10 Å². The molecule has 6 heteroatoms. The van der Waals surface area contributed by atoms with Crippen molar-refractivity contribution in [3.63, 3.8) is 0 Å². The lowest BCUT2D eigenvalue weighted by molar-refractivity contribution is -0.167. The molecule has 0 aliphatic carbocycles. The third-order valence-electron chi connectivity index (χ3n) is 13.1. The third-order valence-corrected chi connectivity index (χ3v) is 13.1. The average Bonchev–Trinajstić information content (AvgIpc) is 3.43. The Balaban J connectivity index is 4.29. The van der Waals surface area contributed by atoms with Gasteiger partial charge >= 0.3 is 17.9 Å². The van der Waals surface area contributed by atoms with Crippen LogP contribution in [0.4, 0.5) is 0 Å². The highest BCUT2D eigenvalue weighted by atomic mass is 16.6. The molecule has 1 atom stereocenters. The Morgan fingerprint density at radius 3 is 0.740 bits per heavy atom. The number of hydrogen-bond donors (Lipinski definition) is 0. The van der Waals surface area contributed by atoms with Crippen LogP contribution >= 0.6 is 0 Å². The van der Waals surface area contributed by atoms with Crippen molar-refractivity contribution >= 4 is 17.9 Å². The van der Waals surface area contributed by atoms with Gasteiger partial charge < -0.3 is 14.2 Å². The lowest BCUT2D eigenvalue weighted by atomic mass is 10.0. The Morgan fingerprint density at radius 1 is 0.260 bits per heavy atom. The molecule has 0 rings (SSSR count). The quantitative estimate of drug-likeness (QED) is 0.0261. The van der Waals surface area contributed by atoms with Crippen LogP contribution in [0, 0.1) is 0 Å². The highest BCUT2D eigenvalue weighted by molar-refractivity contribution is 5.71. The summed E-state index contributed by atoms with van der Waals surface area (Å²) in [5.41, 5.74) is 0. The van der Waals surface area contributed by atoms with Crippen LogP contribution in [0.1, 0.15) is 278 Å². The van der Waals surface area contributed by atoms with Crippen molar-refractivity contribution < 1.29 is 28.6 Å². The number of hydrogen-bond acceptors (Lipinski definition) is 6. The standard InChI is InChI=1S/C71H116O6/c1-4-7-10-13-16-19-22-25-27-29-30-31-32-33-34-35-36-37-38-39-40-42-43-46-49-52-55-58-61-64-70(73)76-67-68(66-75-69(72)63-60-57-54-51-48-45-24-21-18-15-12-9-6-3)77-71(74)65-62-59-56-53-50-47-44-41-28-26-23-20-17-14-11-8-5-2/h7-12,16-21,25-28,30-31,44-45,47-48,68H,4-6,13-15,22-24,29,32-43,46,49-67H2,1-3H3/b10-7-,11-8-,12-9-,19-16-,20-17-,21-18-,27-25-,28-26-,31-30-,47-44-,48-45-. The predicted molar refractivity (Wildman–Crippen MR) is 334 cm³/mol. The van der Waals surface area contributed by atoms with Gasteiger partial charge in [0.15, 0.2) is 6.10 Å². The number of unbranched alkanes of at least 4 members (excludes halogenated alkanes) is 23. The molecule has 0 amide bonds. The monoisotopic (exact) mass is 1060 g/mol. The number of ether oxygens (including phenoxy) is 3. The molecule has 0 aliphatic rings. The molecule has 0 aromatic rings. The molecule has 0 radical (unpaired) electrons. The van der Waals surface area contributed by atoms with Crippen molar-refractivity contribution in [1.29, 1.82) is 0 Å². The van der Waals surface area contributed by atoms with E-state index in [1.165, 1.54) is 89.9 Å². The molecule has 77 heavy (non-hydrogen) atoms. The molecule has 0 fully saturated rings. The predicted octanol–water partition coefficient (Wildman–Crippen LogP) is 21.8. The van der Waals surface area contributed by atoms with E-state index in [1.807, 2.05) is 0 Å². The van der Waals surface area contributed by atoms with Gasteiger partial charge in [-0.15, -0.1) is 0 Å². The van der Waals surface area contributed by atoms with Crippen LogP contribution in [0.25, 0.3) is 0 Å². The molecule has 0 heterocycles. The molecule has 0 N–H and O–H groups in total. The van der Waals surface area contributed by atoms with E-state index in [4.69, 9.17) is 14.2 Å². The second-order valence-corrected chi connectivity index (χ2v) is 20.5. The molecule has 0 saturated heterocycles. The summed E-state index contributed by atoms with van der Waals surface area (Å²) in [5.74, 6) is -0.953. The molecule has 0 spiro atoms. The van der Waals surface area contributed by atoms with Crippen molar-refractivity contribution in [2.75, 3.05) is 13.2 Å². The smallest absolute Gasteiger partial charge is 0.306 e. The van der Waals surface area contributed by atoms with Crippen molar-refractivity contribution in [2.45, 2.75) is 284 Å². The van der Waals surface area contributed by atoms with Crippen LogP contribution in [0.2, 0.25) is 0 Å². The lowest BCUT2D eigenvalue weighted by Gasteiger charge is -2.18. The summed E-state index contributed by atoms with van der Waals surface area (Å²) >= 11 is 0. The maximum Gasteiger partial charge on any atom is 0.306 e. The van der Waals surface area contributed by atoms with Crippen LogP contribution in [0.5, 0.6) is 0 Å². The van der Waals surface area contributed by atoms with Gasteiger partial charge in [0.1, 0.15) is 13.2 Å². The topological polar surface area (TPSA) is 78.9 Å². The number of esters is 3. The van der Waals surface area contributed by atoms with Crippen molar-refractivity contribution in [2.24, 2.45) is 0 Å². The zero-order valence-electron chi connectivity index (χ0n) is 49.9. The largest absolute Gasteiger partial charge is 0.462 e. The normalized spacial score (nSPS) is 13.0. The summed E-state index contributed by atoms with van der Waals surface area (Å²) in [6, 6.07) is 0. The highest BCUT2D eigenvalue weighted by Crippen LogP contribution is 2.16. The van der Waals surface area contributed by atoms with E-state index in [9.17, 15) is 14.4 Å². The number of carbonyl (C=O) groups excluding carboxylic acids is 3. The second-order valence-electron chi connectivity index (χ2n) is 20.5. The van der Waals surface area contributed by atoms with Crippen LogP contribution in [-0.4, -0.2) is 37.2 Å². The van der Waals surface area contributed by atoms with Gasteiger partial charge in [-0.05, 0) is 128 Å². The molecule has 0 saturated carbocycles. The number of carbonyl (C=O) groups is 3. The van der Waals surface area contributed by atoms with E-state index in [2.05, 4.69) is 154 Å². The van der Waals surface area contributed by atoms with Crippen molar-refractivity contribution in [1.82, 2.24) is 0 Å². The van der Waals surface area contributed by atoms with Crippen LogP contribution in [0.3, 0.4) is 0 Å². The summed E-state index contributed by atoms with van der Waals surface area (Å²) in [4.78, 5) is 38.2. The summed E-state index contributed by atoms with van der Waals surface area (Å²) in [6.45, 7) is 6.26. The average molecular weight is 1070 g/mol. The maximum atomic E-state index is 12.9.